The lowest BCUT2D eigenvalue weighted by molar-refractivity contribution is 0.539. The van der Waals surface area contributed by atoms with E-state index in [1.54, 1.807) is 6.33 Å². The van der Waals surface area contributed by atoms with Gasteiger partial charge < -0.3 is 5.32 Å². The van der Waals surface area contributed by atoms with Crippen molar-refractivity contribution in [2.75, 3.05) is 5.32 Å². The van der Waals surface area contributed by atoms with Gasteiger partial charge >= 0.3 is 0 Å². The topological polar surface area (TPSA) is 37.8 Å². The van der Waals surface area contributed by atoms with Crippen LogP contribution in [0.5, 0.6) is 0 Å². The maximum Gasteiger partial charge on any atom is 0.148 e. The predicted molar refractivity (Wildman–Crippen MR) is 87.5 cm³/mol. The molecule has 0 aromatic carbocycles. The lowest BCUT2D eigenvalue weighted by atomic mass is 10.0. The highest BCUT2D eigenvalue weighted by molar-refractivity contribution is 6.33. The van der Waals surface area contributed by atoms with Crippen LogP contribution in [-0.4, -0.2) is 16.0 Å². The summed E-state index contributed by atoms with van der Waals surface area (Å²) in [5.74, 6) is 0.799. The molecule has 0 spiro atoms. The van der Waals surface area contributed by atoms with Crippen LogP contribution in [0, 0.1) is 0 Å². The average molecular weight is 298 g/mol. The van der Waals surface area contributed by atoms with Crippen molar-refractivity contribution in [3.8, 4) is 0 Å². The Hall–Kier alpha value is -0.830. The number of hydrogen-bond acceptors (Lipinski definition) is 3. The fourth-order valence-electron chi connectivity index (χ4n) is 2.40. The van der Waals surface area contributed by atoms with Gasteiger partial charge in [0.25, 0.3) is 0 Å². The fraction of sp³-hybridized carbons (Fsp3) is 0.750. The summed E-state index contributed by atoms with van der Waals surface area (Å²) >= 11 is 6.35. The number of nitrogens with zero attached hydrogens (tertiary/aromatic N) is 2. The first-order valence-corrected chi connectivity index (χ1v) is 8.36. The minimum atomic E-state index is 0.467. The zero-order chi connectivity index (χ0) is 14.8. The second-order valence-electron chi connectivity index (χ2n) is 5.32. The summed E-state index contributed by atoms with van der Waals surface area (Å²) in [4.78, 5) is 8.51. The molecule has 1 unspecified atom stereocenters. The van der Waals surface area contributed by atoms with Crippen molar-refractivity contribution >= 4 is 17.4 Å². The molecule has 1 atom stereocenters. The van der Waals surface area contributed by atoms with Gasteiger partial charge in [0.15, 0.2) is 0 Å². The number of aryl methyl sites for hydroxylation is 1. The van der Waals surface area contributed by atoms with Gasteiger partial charge in [-0.2, -0.15) is 0 Å². The number of nitrogens with one attached hydrogen (secondary N) is 1. The van der Waals surface area contributed by atoms with E-state index in [0.29, 0.717) is 11.1 Å². The highest BCUT2D eigenvalue weighted by Gasteiger charge is 2.13. The molecule has 0 bridgehead atoms. The van der Waals surface area contributed by atoms with Crippen LogP contribution in [0.1, 0.15) is 71.4 Å². The highest BCUT2D eigenvalue weighted by Crippen LogP contribution is 2.24. The molecule has 0 saturated heterocycles. The van der Waals surface area contributed by atoms with Crippen molar-refractivity contribution in [1.82, 2.24) is 9.97 Å². The molecule has 0 aliphatic rings. The summed E-state index contributed by atoms with van der Waals surface area (Å²) < 4.78 is 0. The first kappa shape index (κ1) is 17.2. The van der Waals surface area contributed by atoms with Crippen molar-refractivity contribution in [3.63, 3.8) is 0 Å². The molecule has 114 valence electrons. The van der Waals surface area contributed by atoms with E-state index in [4.69, 9.17) is 11.6 Å². The highest BCUT2D eigenvalue weighted by atomic mass is 35.5. The van der Waals surface area contributed by atoms with E-state index in [1.165, 1.54) is 38.5 Å². The minimum absolute atomic E-state index is 0.467. The third-order valence-corrected chi connectivity index (χ3v) is 3.98. The van der Waals surface area contributed by atoms with Crippen LogP contribution in [0.25, 0.3) is 0 Å². The molecule has 0 radical (unpaired) electrons. The molecule has 20 heavy (non-hydrogen) atoms. The van der Waals surface area contributed by atoms with E-state index < -0.39 is 0 Å². The SMILES string of the molecule is CCCCCCC(CCC)Nc1ncnc(CC)c1Cl. The van der Waals surface area contributed by atoms with Crippen LogP contribution in [-0.2, 0) is 6.42 Å². The molecule has 0 fully saturated rings. The number of halogens is 1. The van der Waals surface area contributed by atoms with Gasteiger partial charge in [-0.15, -0.1) is 0 Å². The Balaban J connectivity index is 2.60. The van der Waals surface area contributed by atoms with Crippen LogP contribution >= 0.6 is 11.6 Å². The summed E-state index contributed by atoms with van der Waals surface area (Å²) in [6, 6.07) is 0.467. The molecule has 1 aromatic rings. The lowest BCUT2D eigenvalue weighted by Crippen LogP contribution is -2.20. The molecule has 1 heterocycles. The van der Waals surface area contributed by atoms with Gasteiger partial charge in [0, 0.05) is 6.04 Å². The monoisotopic (exact) mass is 297 g/mol. The minimum Gasteiger partial charge on any atom is -0.366 e. The zero-order valence-corrected chi connectivity index (χ0v) is 13.8. The quantitative estimate of drug-likeness (QED) is 0.600. The van der Waals surface area contributed by atoms with Gasteiger partial charge in [-0.1, -0.05) is 64.5 Å². The Kier molecular flexibility index (Phi) is 8.59. The maximum atomic E-state index is 6.35. The molecule has 0 saturated carbocycles. The van der Waals surface area contributed by atoms with E-state index >= 15 is 0 Å². The molecule has 3 nitrogen and oxygen atoms in total. The molecular weight excluding hydrogens is 270 g/mol. The number of rotatable bonds is 10. The number of anilines is 1. The van der Waals surface area contributed by atoms with E-state index in [2.05, 4.69) is 36.1 Å². The maximum absolute atomic E-state index is 6.35. The van der Waals surface area contributed by atoms with Crippen molar-refractivity contribution in [3.05, 3.63) is 17.0 Å². The van der Waals surface area contributed by atoms with Crippen LogP contribution < -0.4 is 5.32 Å². The largest absolute Gasteiger partial charge is 0.366 e. The molecule has 1 aromatic heterocycles. The second-order valence-corrected chi connectivity index (χ2v) is 5.69. The van der Waals surface area contributed by atoms with Gasteiger partial charge in [0.05, 0.1) is 5.69 Å². The smallest absolute Gasteiger partial charge is 0.148 e. The molecule has 4 heteroatoms. The summed E-state index contributed by atoms with van der Waals surface area (Å²) in [5, 5.41) is 4.20. The van der Waals surface area contributed by atoms with Crippen molar-refractivity contribution < 1.29 is 0 Å². The Bertz CT molecular complexity index is 382. The molecule has 0 amide bonds. The first-order chi connectivity index (χ1) is 9.72. The van der Waals surface area contributed by atoms with Gasteiger partial charge in [0.1, 0.15) is 17.2 Å². The lowest BCUT2D eigenvalue weighted by Gasteiger charge is -2.19. The Morgan fingerprint density at radius 2 is 1.85 bits per heavy atom. The van der Waals surface area contributed by atoms with Crippen molar-refractivity contribution in [2.24, 2.45) is 0 Å². The number of aromatic nitrogens is 2. The molecule has 0 aliphatic heterocycles. The summed E-state index contributed by atoms with van der Waals surface area (Å²) in [6.07, 6.45) is 11.2. The number of unbranched alkanes of at least 4 members (excludes halogenated alkanes) is 3. The predicted octanol–water partition coefficient (Wildman–Crippen LogP) is 5.24. The third-order valence-electron chi connectivity index (χ3n) is 3.58. The van der Waals surface area contributed by atoms with Gasteiger partial charge in [0.2, 0.25) is 0 Å². The van der Waals surface area contributed by atoms with Crippen molar-refractivity contribution in [2.45, 2.75) is 78.2 Å². The van der Waals surface area contributed by atoms with Crippen molar-refractivity contribution in [1.29, 1.82) is 0 Å². The molecule has 1 N–H and O–H groups in total. The molecule has 1 rings (SSSR count). The fourth-order valence-corrected chi connectivity index (χ4v) is 2.69. The average Bonchev–Trinajstić information content (AvgIpc) is 2.46. The van der Waals surface area contributed by atoms with Crippen LogP contribution in [0.4, 0.5) is 5.82 Å². The Morgan fingerprint density at radius 3 is 2.50 bits per heavy atom. The first-order valence-electron chi connectivity index (χ1n) is 7.98. The van der Waals surface area contributed by atoms with Gasteiger partial charge in [-0.3, -0.25) is 0 Å². The summed E-state index contributed by atoms with van der Waals surface area (Å²) in [5.41, 5.74) is 0.922. The van der Waals surface area contributed by atoms with E-state index in [1.807, 2.05) is 0 Å². The number of hydrogen-bond donors (Lipinski definition) is 1. The molecular formula is C16H28ClN3. The summed E-state index contributed by atoms with van der Waals surface area (Å²) in [7, 11) is 0. The summed E-state index contributed by atoms with van der Waals surface area (Å²) in [6.45, 7) is 6.53. The molecule has 0 aliphatic carbocycles. The second kappa shape index (κ2) is 9.98. The van der Waals surface area contributed by atoms with Crippen LogP contribution in [0.2, 0.25) is 5.02 Å². The normalized spacial score (nSPS) is 12.4. The standard InChI is InChI=1S/C16H28ClN3/c1-4-7-8-9-11-13(10-5-2)20-16-15(17)14(6-3)18-12-19-16/h12-13H,4-11H2,1-3H3,(H,18,19,20). The van der Waals surface area contributed by atoms with E-state index in [0.717, 1.165) is 24.4 Å². The Labute approximate surface area is 128 Å². The van der Waals surface area contributed by atoms with E-state index in [9.17, 15) is 0 Å². The van der Waals surface area contributed by atoms with E-state index in [-0.39, 0.29) is 0 Å². The van der Waals surface area contributed by atoms with Crippen LogP contribution in [0.3, 0.4) is 0 Å². The third kappa shape index (κ3) is 5.66. The van der Waals surface area contributed by atoms with Crippen LogP contribution in [0.15, 0.2) is 6.33 Å². The zero-order valence-electron chi connectivity index (χ0n) is 13.1. The van der Waals surface area contributed by atoms with Gasteiger partial charge in [-0.25, -0.2) is 9.97 Å². The Morgan fingerprint density at radius 1 is 1.05 bits per heavy atom. The van der Waals surface area contributed by atoms with Gasteiger partial charge in [-0.05, 0) is 19.3 Å².